The summed E-state index contributed by atoms with van der Waals surface area (Å²) in [6.45, 7) is 0. The lowest BCUT2D eigenvalue weighted by atomic mass is 10.1. The summed E-state index contributed by atoms with van der Waals surface area (Å²) in [5.74, 6) is -0.126. The van der Waals surface area contributed by atoms with Gasteiger partial charge in [-0.3, -0.25) is 9.78 Å². The van der Waals surface area contributed by atoms with Gasteiger partial charge in [-0.25, -0.2) is 4.98 Å². The molecule has 1 heterocycles. The van der Waals surface area contributed by atoms with Gasteiger partial charge in [0.15, 0.2) is 0 Å². The van der Waals surface area contributed by atoms with Crippen LogP contribution in [0.2, 0.25) is 0 Å². The van der Waals surface area contributed by atoms with E-state index in [1.165, 1.54) is 12.4 Å². The maximum Gasteiger partial charge on any atom is 0.214 e. The SMILES string of the molecule is O=C(c1cnccn1)c1cc(I)ccc1Br. The first-order valence-electron chi connectivity index (χ1n) is 4.44. The highest BCUT2D eigenvalue weighted by Crippen LogP contribution is 2.21. The molecule has 0 spiro atoms. The van der Waals surface area contributed by atoms with Crippen LogP contribution in [0.25, 0.3) is 0 Å². The van der Waals surface area contributed by atoms with Gasteiger partial charge in [-0.2, -0.15) is 0 Å². The maximum absolute atomic E-state index is 12.1. The molecule has 0 amide bonds. The van der Waals surface area contributed by atoms with Gasteiger partial charge in [0.25, 0.3) is 0 Å². The zero-order valence-electron chi connectivity index (χ0n) is 8.02. The summed E-state index contributed by atoms with van der Waals surface area (Å²) in [7, 11) is 0. The Morgan fingerprint density at radius 3 is 2.81 bits per heavy atom. The Kier molecular flexibility index (Phi) is 3.65. The van der Waals surface area contributed by atoms with Gasteiger partial charge >= 0.3 is 0 Å². The fourth-order valence-electron chi connectivity index (χ4n) is 1.23. The van der Waals surface area contributed by atoms with Crippen molar-refractivity contribution in [3.8, 4) is 0 Å². The minimum Gasteiger partial charge on any atom is -0.287 e. The van der Waals surface area contributed by atoms with Gasteiger partial charge in [0, 0.05) is 26.0 Å². The smallest absolute Gasteiger partial charge is 0.214 e. The molecular weight excluding hydrogens is 383 g/mol. The van der Waals surface area contributed by atoms with Crippen LogP contribution in [-0.2, 0) is 0 Å². The van der Waals surface area contributed by atoms with Crippen molar-refractivity contribution in [3.63, 3.8) is 0 Å². The second kappa shape index (κ2) is 5.01. The number of ketones is 1. The van der Waals surface area contributed by atoms with E-state index in [1.807, 2.05) is 18.2 Å². The number of aromatic nitrogens is 2. The van der Waals surface area contributed by atoms with Gasteiger partial charge in [-0.1, -0.05) is 15.9 Å². The molecule has 80 valence electrons. The molecule has 2 aromatic rings. The van der Waals surface area contributed by atoms with Gasteiger partial charge in [0.05, 0.1) is 6.20 Å². The van der Waals surface area contributed by atoms with Crippen molar-refractivity contribution in [1.29, 1.82) is 0 Å². The number of halogens is 2. The van der Waals surface area contributed by atoms with E-state index in [0.29, 0.717) is 11.3 Å². The fourth-order valence-corrected chi connectivity index (χ4v) is 2.14. The zero-order valence-corrected chi connectivity index (χ0v) is 11.8. The van der Waals surface area contributed by atoms with Gasteiger partial charge in [-0.05, 0) is 40.8 Å². The maximum atomic E-state index is 12.1. The Hall–Kier alpha value is -0.820. The molecule has 0 aliphatic rings. The highest BCUT2D eigenvalue weighted by molar-refractivity contribution is 14.1. The highest BCUT2D eigenvalue weighted by Gasteiger charge is 2.14. The normalized spacial score (nSPS) is 10.1. The van der Waals surface area contributed by atoms with Gasteiger partial charge < -0.3 is 0 Å². The first-order valence-corrected chi connectivity index (χ1v) is 6.31. The second-order valence-electron chi connectivity index (χ2n) is 3.04. The van der Waals surface area contributed by atoms with Crippen LogP contribution in [0.3, 0.4) is 0 Å². The summed E-state index contributed by atoms with van der Waals surface area (Å²) >= 11 is 5.52. The third-order valence-corrected chi connectivity index (χ3v) is 3.33. The third-order valence-electron chi connectivity index (χ3n) is 1.97. The van der Waals surface area contributed by atoms with E-state index in [0.717, 1.165) is 8.04 Å². The summed E-state index contributed by atoms with van der Waals surface area (Å²) in [4.78, 5) is 20.0. The lowest BCUT2D eigenvalue weighted by molar-refractivity contribution is 0.103. The molecule has 0 saturated carbocycles. The van der Waals surface area contributed by atoms with Crippen LogP contribution in [0.1, 0.15) is 16.1 Å². The summed E-state index contributed by atoms with van der Waals surface area (Å²) < 4.78 is 1.77. The predicted octanol–water partition coefficient (Wildman–Crippen LogP) is 3.07. The monoisotopic (exact) mass is 388 g/mol. The van der Waals surface area contributed by atoms with Crippen LogP contribution < -0.4 is 0 Å². The average Bonchev–Trinajstić information content (AvgIpc) is 2.32. The number of rotatable bonds is 2. The molecule has 0 aliphatic heterocycles. The van der Waals surface area contributed by atoms with E-state index in [-0.39, 0.29) is 5.78 Å². The minimum atomic E-state index is -0.126. The number of nitrogens with zero attached hydrogens (tertiary/aromatic N) is 2. The molecule has 0 unspecified atom stereocenters. The summed E-state index contributed by atoms with van der Waals surface area (Å²) in [6.07, 6.45) is 4.52. The first-order chi connectivity index (χ1) is 7.68. The number of carbonyl (C=O) groups is 1. The Morgan fingerprint density at radius 1 is 1.31 bits per heavy atom. The Morgan fingerprint density at radius 2 is 2.12 bits per heavy atom. The molecule has 0 atom stereocenters. The Balaban J connectivity index is 2.46. The number of hydrogen-bond donors (Lipinski definition) is 0. The molecule has 0 fully saturated rings. The molecule has 0 radical (unpaired) electrons. The fraction of sp³-hybridized carbons (Fsp3) is 0. The predicted molar refractivity (Wildman–Crippen MR) is 72.3 cm³/mol. The third kappa shape index (κ3) is 2.46. The highest BCUT2D eigenvalue weighted by atomic mass is 127. The summed E-state index contributed by atoms with van der Waals surface area (Å²) in [5.41, 5.74) is 0.956. The molecular formula is C11H6BrIN2O. The van der Waals surface area contributed by atoms with Crippen LogP contribution >= 0.6 is 38.5 Å². The molecule has 16 heavy (non-hydrogen) atoms. The Bertz CT molecular complexity index is 531. The standard InChI is InChI=1S/C11H6BrIN2O/c12-9-2-1-7(13)5-8(9)11(16)10-6-14-3-4-15-10/h1-6H. The van der Waals surface area contributed by atoms with E-state index in [4.69, 9.17) is 0 Å². The molecule has 5 heteroatoms. The van der Waals surface area contributed by atoms with Gasteiger partial charge in [-0.15, -0.1) is 0 Å². The molecule has 1 aromatic heterocycles. The van der Waals surface area contributed by atoms with E-state index >= 15 is 0 Å². The van der Waals surface area contributed by atoms with E-state index in [2.05, 4.69) is 48.5 Å². The minimum absolute atomic E-state index is 0.126. The molecule has 3 nitrogen and oxygen atoms in total. The van der Waals surface area contributed by atoms with E-state index in [9.17, 15) is 4.79 Å². The van der Waals surface area contributed by atoms with Crippen LogP contribution in [0.5, 0.6) is 0 Å². The van der Waals surface area contributed by atoms with Crippen molar-refractivity contribution >= 4 is 44.3 Å². The van der Waals surface area contributed by atoms with Gasteiger partial charge in [0.1, 0.15) is 5.69 Å². The number of benzene rings is 1. The zero-order chi connectivity index (χ0) is 11.5. The van der Waals surface area contributed by atoms with Crippen molar-refractivity contribution in [2.75, 3.05) is 0 Å². The largest absolute Gasteiger partial charge is 0.287 e. The number of hydrogen-bond acceptors (Lipinski definition) is 3. The van der Waals surface area contributed by atoms with Crippen molar-refractivity contribution in [1.82, 2.24) is 9.97 Å². The van der Waals surface area contributed by atoms with E-state index in [1.54, 1.807) is 6.20 Å². The topological polar surface area (TPSA) is 42.9 Å². The lowest BCUT2D eigenvalue weighted by Crippen LogP contribution is -2.05. The summed E-state index contributed by atoms with van der Waals surface area (Å²) in [5, 5.41) is 0. The molecule has 0 N–H and O–H groups in total. The van der Waals surface area contributed by atoms with Crippen LogP contribution in [-0.4, -0.2) is 15.8 Å². The van der Waals surface area contributed by atoms with Crippen LogP contribution in [0.15, 0.2) is 41.3 Å². The van der Waals surface area contributed by atoms with Crippen molar-refractivity contribution in [3.05, 3.63) is 56.1 Å². The average molecular weight is 389 g/mol. The first kappa shape index (κ1) is 11.7. The second-order valence-corrected chi connectivity index (χ2v) is 5.14. The molecule has 1 aromatic carbocycles. The molecule has 0 bridgehead atoms. The van der Waals surface area contributed by atoms with Crippen molar-refractivity contribution in [2.45, 2.75) is 0 Å². The van der Waals surface area contributed by atoms with Crippen molar-refractivity contribution < 1.29 is 4.79 Å². The van der Waals surface area contributed by atoms with Crippen LogP contribution in [0, 0.1) is 3.57 Å². The summed E-state index contributed by atoms with van der Waals surface area (Å²) in [6, 6.07) is 5.60. The van der Waals surface area contributed by atoms with E-state index < -0.39 is 0 Å². The van der Waals surface area contributed by atoms with Gasteiger partial charge in [0.2, 0.25) is 5.78 Å². The molecule has 2 rings (SSSR count). The Labute approximate surface area is 115 Å². The molecule has 0 saturated heterocycles. The number of carbonyl (C=O) groups excluding carboxylic acids is 1. The quantitative estimate of drug-likeness (QED) is 0.586. The molecule has 0 aliphatic carbocycles. The lowest BCUT2D eigenvalue weighted by Gasteiger charge is -2.03. The van der Waals surface area contributed by atoms with Crippen LogP contribution in [0.4, 0.5) is 0 Å². The van der Waals surface area contributed by atoms with Crippen molar-refractivity contribution in [2.24, 2.45) is 0 Å².